The lowest BCUT2D eigenvalue weighted by Gasteiger charge is -2.12. The van der Waals surface area contributed by atoms with Crippen LogP contribution in [-0.4, -0.2) is 23.1 Å². The van der Waals surface area contributed by atoms with Crippen molar-refractivity contribution in [3.8, 4) is 18.2 Å². The summed E-state index contributed by atoms with van der Waals surface area (Å²) in [6.07, 6.45) is 7.54. The van der Waals surface area contributed by atoms with Crippen molar-refractivity contribution < 1.29 is 4.74 Å². The summed E-state index contributed by atoms with van der Waals surface area (Å²) in [4.78, 5) is 8.98. The van der Waals surface area contributed by atoms with Gasteiger partial charge < -0.3 is 10.1 Å². The lowest BCUT2D eigenvalue weighted by atomic mass is 10.3. The van der Waals surface area contributed by atoms with Crippen molar-refractivity contribution in [2.45, 2.75) is 32.6 Å². The van der Waals surface area contributed by atoms with E-state index >= 15 is 0 Å². The van der Waals surface area contributed by atoms with E-state index in [0.29, 0.717) is 11.8 Å². The molecule has 4 nitrogen and oxygen atoms in total. The van der Waals surface area contributed by atoms with Gasteiger partial charge in [0.2, 0.25) is 5.88 Å². The molecular formula is C13H17N3O. The minimum absolute atomic E-state index is 0.244. The Kier molecular flexibility index (Phi) is 3.48. The summed E-state index contributed by atoms with van der Waals surface area (Å²) in [5.74, 6) is 5.30. The molecule has 0 amide bonds. The number of nitrogens with zero attached hydrogens (tertiary/aromatic N) is 2. The second-order valence-electron chi connectivity index (χ2n) is 4.16. The first-order chi connectivity index (χ1) is 8.26. The van der Waals surface area contributed by atoms with Gasteiger partial charge in [-0.3, -0.25) is 0 Å². The molecule has 1 fully saturated rings. The maximum atomic E-state index is 5.46. The molecule has 1 heterocycles. The highest BCUT2D eigenvalue weighted by Gasteiger charge is 2.28. The van der Waals surface area contributed by atoms with E-state index in [9.17, 15) is 0 Å². The Morgan fingerprint density at radius 3 is 2.82 bits per heavy atom. The van der Waals surface area contributed by atoms with Crippen LogP contribution < -0.4 is 10.1 Å². The van der Waals surface area contributed by atoms with Crippen LogP contribution in [0, 0.1) is 19.3 Å². The zero-order valence-electron chi connectivity index (χ0n) is 10.3. The summed E-state index contributed by atoms with van der Waals surface area (Å²) in [5.41, 5.74) is 0.923. The van der Waals surface area contributed by atoms with Crippen molar-refractivity contribution in [3.63, 3.8) is 0 Å². The van der Waals surface area contributed by atoms with Crippen molar-refractivity contribution in [1.82, 2.24) is 9.97 Å². The van der Waals surface area contributed by atoms with E-state index in [1.807, 2.05) is 13.8 Å². The van der Waals surface area contributed by atoms with E-state index in [1.165, 1.54) is 12.8 Å². The highest BCUT2D eigenvalue weighted by molar-refractivity contribution is 5.49. The third kappa shape index (κ3) is 2.68. The fourth-order valence-corrected chi connectivity index (χ4v) is 1.63. The first-order valence-electron chi connectivity index (χ1n) is 5.95. The van der Waals surface area contributed by atoms with Gasteiger partial charge in [0.25, 0.3) is 0 Å². The van der Waals surface area contributed by atoms with Crippen LogP contribution in [0.2, 0.25) is 0 Å². The first-order valence-corrected chi connectivity index (χ1v) is 5.95. The highest BCUT2D eigenvalue weighted by Crippen LogP contribution is 2.39. The molecule has 1 saturated carbocycles. The lowest BCUT2D eigenvalue weighted by Crippen LogP contribution is -2.09. The third-order valence-corrected chi connectivity index (χ3v) is 2.70. The van der Waals surface area contributed by atoms with Crippen LogP contribution in [-0.2, 0) is 0 Å². The quantitative estimate of drug-likeness (QED) is 0.788. The Bertz CT molecular complexity index is 447. The summed E-state index contributed by atoms with van der Waals surface area (Å²) in [5, 5.41) is 3.23. The standard InChI is InChI=1S/C13H17N3O/c1-4-8-17-13-9(3)11(14-5-2)15-12(16-13)10-6-7-10/h1,10H,5-8H2,2-3H3,(H,14,15,16). The number of nitrogens with one attached hydrogen (secondary N) is 1. The Balaban J connectivity index is 2.31. The number of ether oxygens (including phenoxy) is 1. The molecule has 0 spiro atoms. The highest BCUT2D eigenvalue weighted by atomic mass is 16.5. The molecular weight excluding hydrogens is 214 g/mol. The van der Waals surface area contributed by atoms with Crippen LogP contribution in [0.1, 0.15) is 37.1 Å². The van der Waals surface area contributed by atoms with E-state index < -0.39 is 0 Å². The third-order valence-electron chi connectivity index (χ3n) is 2.70. The van der Waals surface area contributed by atoms with Crippen molar-refractivity contribution in [2.24, 2.45) is 0 Å². The Labute approximate surface area is 102 Å². The van der Waals surface area contributed by atoms with Crippen LogP contribution in [0.3, 0.4) is 0 Å². The molecule has 0 bridgehead atoms. The van der Waals surface area contributed by atoms with Crippen molar-refractivity contribution in [3.05, 3.63) is 11.4 Å². The number of hydrogen-bond acceptors (Lipinski definition) is 4. The minimum Gasteiger partial charge on any atom is -0.464 e. The second-order valence-corrected chi connectivity index (χ2v) is 4.16. The first kappa shape index (κ1) is 11.7. The molecule has 1 aliphatic carbocycles. The maximum absolute atomic E-state index is 5.46. The molecule has 1 N–H and O–H groups in total. The van der Waals surface area contributed by atoms with Gasteiger partial charge in [-0.2, -0.15) is 4.98 Å². The monoisotopic (exact) mass is 231 g/mol. The molecule has 1 aromatic heterocycles. The normalized spacial score (nSPS) is 14.2. The molecule has 0 radical (unpaired) electrons. The average Bonchev–Trinajstić information content (AvgIpc) is 3.14. The predicted molar refractivity (Wildman–Crippen MR) is 67.2 cm³/mol. The van der Waals surface area contributed by atoms with Gasteiger partial charge in [-0.05, 0) is 26.7 Å². The van der Waals surface area contributed by atoms with Crippen LogP contribution in [0.25, 0.3) is 0 Å². The van der Waals surface area contributed by atoms with Crippen molar-refractivity contribution >= 4 is 5.82 Å². The van der Waals surface area contributed by atoms with Gasteiger partial charge in [-0.1, -0.05) is 5.92 Å². The van der Waals surface area contributed by atoms with E-state index in [4.69, 9.17) is 11.2 Å². The molecule has 0 aliphatic heterocycles. The SMILES string of the molecule is C#CCOc1nc(C2CC2)nc(NCC)c1C. The van der Waals surface area contributed by atoms with Crippen molar-refractivity contribution in [2.75, 3.05) is 18.5 Å². The molecule has 0 unspecified atom stereocenters. The number of terminal acetylenes is 1. The van der Waals surface area contributed by atoms with Crippen molar-refractivity contribution in [1.29, 1.82) is 0 Å². The smallest absolute Gasteiger partial charge is 0.222 e. The van der Waals surface area contributed by atoms with E-state index in [-0.39, 0.29) is 6.61 Å². The summed E-state index contributed by atoms with van der Waals surface area (Å²) in [6.45, 7) is 5.06. The van der Waals surface area contributed by atoms with Crippen LogP contribution in [0.5, 0.6) is 5.88 Å². The van der Waals surface area contributed by atoms with Gasteiger partial charge in [-0.25, -0.2) is 4.98 Å². The molecule has 0 atom stereocenters. The summed E-state index contributed by atoms with van der Waals surface area (Å²) in [6, 6.07) is 0. The molecule has 90 valence electrons. The topological polar surface area (TPSA) is 47.0 Å². The van der Waals surface area contributed by atoms with Gasteiger partial charge >= 0.3 is 0 Å². The molecule has 2 rings (SSSR count). The second kappa shape index (κ2) is 5.05. The Morgan fingerprint density at radius 1 is 1.47 bits per heavy atom. The van der Waals surface area contributed by atoms with Gasteiger partial charge in [0.1, 0.15) is 11.6 Å². The van der Waals surface area contributed by atoms with E-state index in [0.717, 1.165) is 23.8 Å². The van der Waals surface area contributed by atoms with E-state index in [2.05, 4.69) is 21.2 Å². The number of rotatable bonds is 5. The Morgan fingerprint density at radius 2 is 2.24 bits per heavy atom. The fraction of sp³-hybridized carbons (Fsp3) is 0.538. The van der Waals surface area contributed by atoms with Gasteiger partial charge in [0, 0.05) is 12.5 Å². The number of anilines is 1. The van der Waals surface area contributed by atoms with Gasteiger partial charge in [0.15, 0.2) is 6.61 Å². The lowest BCUT2D eigenvalue weighted by molar-refractivity contribution is 0.350. The minimum atomic E-state index is 0.244. The Hall–Kier alpha value is -1.76. The largest absolute Gasteiger partial charge is 0.464 e. The summed E-state index contributed by atoms with van der Waals surface area (Å²) in [7, 11) is 0. The fourth-order valence-electron chi connectivity index (χ4n) is 1.63. The summed E-state index contributed by atoms with van der Waals surface area (Å²) >= 11 is 0. The number of aromatic nitrogens is 2. The zero-order valence-corrected chi connectivity index (χ0v) is 10.3. The molecule has 17 heavy (non-hydrogen) atoms. The van der Waals surface area contributed by atoms with Crippen LogP contribution in [0.15, 0.2) is 0 Å². The zero-order chi connectivity index (χ0) is 12.3. The number of hydrogen-bond donors (Lipinski definition) is 1. The van der Waals surface area contributed by atoms with Gasteiger partial charge in [0.05, 0.1) is 5.56 Å². The van der Waals surface area contributed by atoms with Crippen LogP contribution in [0.4, 0.5) is 5.82 Å². The van der Waals surface area contributed by atoms with E-state index in [1.54, 1.807) is 0 Å². The summed E-state index contributed by atoms with van der Waals surface area (Å²) < 4.78 is 5.46. The van der Waals surface area contributed by atoms with Crippen LogP contribution >= 0.6 is 0 Å². The molecule has 1 aliphatic rings. The maximum Gasteiger partial charge on any atom is 0.222 e. The molecule has 1 aromatic rings. The molecule has 0 saturated heterocycles. The molecule has 0 aromatic carbocycles. The molecule has 4 heteroatoms. The predicted octanol–water partition coefficient (Wildman–Crippen LogP) is 2.11. The average molecular weight is 231 g/mol. The van der Waals surface area contributed by atoms with Gasteiger partial charge in [-0.15, -0.1) is 6.42 Å².